The Morgan fingerprint density at radius 2 is 1.94 bits per heavy atom. The molecular weight excluding hydrogens is 226 g/mol. The third-order valence-corrected chi connectivity index (χ3v) is 2.21. The number of rotatable bonds is 4. The van der Waals surface area contributed by atoms with Crippen LogP contribution in [0.15, 0.2) is 35.9 Å². The first kappa shape index (κ1) is 13.4. The molecular formula is C13H14F2O2. The van der Waals surface area contributed by atoms with E-state index in [1.807, 2.05) is 0 Å². The molecule has 0 bridgehead atoms. The van der Waals surface area contributed by atoms with Gasteiger partial charge in [-0.25, -0.2) is 4.79 Å². The molecule has 2 nitrogen and oxygen atoms in total. The minimum Gasteiger partial charge on any atom is -0.461 e. The molecule has 0 saturated heterocycles. The first-order valence-electron chi connectivity index (χ1n) is 5.27. The number of carbonyl (C=O) groups is 1. The van der Waals surface area contributed by atoms with Crippen LogP contribution in [0.1, 0.15) is 19.4 Å². The van der Waals surface area contributed by atoms with E-state index in [1.165, 1.54) is 19.9 Å². The van der Waals surface area contributed by atoms with Crippen LogP contribution in [0.25, 0.3) is 6.08 Å². The third kappa shape index (κ3) is 3.37. The summed E-state index contributed by atoms with van der Waals surface area (Å²) < 4.78 is 31.4. The quantitative estimate of drug-likeness (QED) is 0.755. The van der Waals surface area contributed by atoms with Gasteiger partial charge in [0.2, 0.25) is 0 Å². The number of esters is 1. The molecule has 0 aromatic heterocycles. The highest BCUT2D eigenvalue weighted by Crippen LogP contribution is 2.27. The number of halogens is 2. The predicted molar refractivity (Wildman–Crippen MR) is 61.7 cm³/mol. The van der Waals surface area contributed by atoms with Gasteiger partial charge in [0.05, 0.1) is 6.61 Å². The zero-order valence-corrected chi connectivity index (χ0v) is 9.74. The standard InChI is InChI=1S/C13H14F2O2/c1-3-17-12(16)13(14,15)10(2)9-11-7-5-4-6-8-11/h4-9H,3H2,1-2H3/b10-9-. The lowest BCUT2D eigenvalue weighted by Gasteiger charge is -2.15. The van der Waals surface area contributed by atoms with E-state index in [2.05, 4.69) is 4.74 Å². The lowest BCUT2D eigenvalue weighted by molar-refractivity contribution is -0.165. The van der Waals surface area contributed by atoms with E-state index in [0.29, 0.717) is 5.56 Å². The zero-order chi connectivity index (χ0) is 12.9. The van der Waals surface area contributed by atoms with Crippen molar-refractivity contribution in [2.24, 2.45) is 0 Å². The molecule has 1 rings (SSSR count). The number of hydrogen-bond donors (Lipinski definition) is 0. The van der Waals surface area contributed by atoms with Gasteiger partial charge < -0.3 is 4.74 Å². The highest BCUT2D eigenvalue weighted by molar-refractivity contribution is 5.83. The van der Waals surface area contributed by atoms with E-state index < -0.39 is 11.9 Å². The second-order valence-corrected chi connectivity index (χ2v) is 3.53. The van der Waals surface area contributed by atoms with Crippen molar-refractivity contribution in [1.29, 1.82) is 0 Å². The largest absolute Gasteiger partial charge is 0.461 e. The van der Waals surface area contributed by atoms with E-state index in [-0.39, 0.29) is 12.2 Å². The van der Waals surface area contributed by atoms with Gasteiger partial charge in [-0.2, -0.15) is 8.78 Å². The molecule has 0 atom stereocenters. The van der Waals surface area contributed by atoms with E-state index >= 15 is 0 Å². The van der Waals surface area contributed by atoms with E-state index in [9.17, 15) is 13.6 Å². The summed E-state index contributed by atoms with van der Waals surface area (Å²) in [5.74, 6) is -5.09. The average Bonchev–Trinajstić information content (AvgIpc) is 2.30. The molecule has 0 heterocycles. The van der Waals surface area contributed by atoms with Crippen molar-refractivity contribution in [2.75, 3.05) is 6.61 Å². The predicted octanol–water partition coefficient (Wildman–Crippen LogP) is 3.29. The van der Waals surface area contributed by atoms with Crippen molar-refractivity contribution < 1.29 is 18.3 Å². The molecule has 0 N–H and O–H groups in total. The molecule has 0 spiro atoms. The van der Waals surface area contributed by atoms with Gasteiger partial charge in [-0.1, -0.05) is 30.3 Å². The maximum absolute atomic E-state index is 13.5. The number of hydrogen-bond acceptors (Lipinski definition) is 2. The zero-order valence-electron chi connectivity index (χ0n) is 9.74. The molecule has 17 heavy (non-hydrogen) atoms. The highest BCUT2D eigenvalue weighted by atomic mass is 19.3. The molecule has 0 amide bonds. The first-order valence-corrected chi connectivity index (χ1v) is 5.27. The number of benzene rings is 1. The van der Waals surface area contributed by atoms with Crippen molar-refractivity contribution in [1.82, 2.24) is 0 Å². The Labute approximate surface area is 98.9 Å². The fraction of sp³-hybridized carbons (Fsp3) is 0.308. The maximum atomic E-state index is 13.5. The van der Waals surface area contributed by atoms with Gasteiger partial charge in [-0.15, -0.1) is 0 Å². The Balaban J connectivity index is 2.92. The van der Waals surface area contributed by atoms with Crippen LogP contribution in [0.2, 0.25) is 0 Å². The maximum Gasteiger partial charge on any atom is 0.381 e. The average molecular weight is 240 g/mol. The van der Waals surface area contributed by atoms with Crippen molar-refractivity contribution in [3.8, 4) is 0 Å². The van der Waals surface area contributed by atoms with Gasteiger partial charge >= 0.3 is 11.9 Å². The van der Waals surface area contributed by atoms with Crippen LogP contribution in [0.3, 0.4) is 0 Å². The Morgan fingerprint density at radius 3 is 2.47 bits per heavy atom. The second kappa shape index (κ2) is 5.57. The van der Waals surface area contributed by atoms with Crippen molar-refractivity contribution in [2.45, 2.75) is 19.8 Å². The van der Waals surface area contributed by atoms with E-state index in [0.717, 1.165) is 0 Å². The summed E-state index contributed by atoms with van der Waals surface area (Å²) in [6.07, 6.45) is 1.27. The van der Waals surface area contributed by atoms with Gasteiger partial charge in [-0.05, 0) is 25.5 Å². The summed E-state index contributed by atoms with van der Waals surface area (Å²) in [6.45, 7) is 2.64. The highest BCUT2D eigenvalue weighted by Gasteiger charge is 2.42. The van der Waals surface area contributed by atoms with Crippen molar-refractivity contribution >= 4 is 12.0 Å². The number of ether oxygens (including phenoxy) is 1. The molecule has 92 valence electrons. The topological polar surface area (TPSA) is 26.3 Å². The molecule has 0 aliphatic carbocycles. The third-order valence-electron chi connectivity index (χ3n) is 2.21. The van der Waals surface area contributed by atoms with Crippen LogP contribution >= 0.6 is 0 Å². The molecule has 0 aliphatic heterocycles. The minimum absolute atomic E-state index is 0.0625. The Morgan fingerprint density at radius 1 is 1.35 bits per heavy atom. The Bertz CT molecular complexity index is 411. The number of alkyl halides is 2. The number of carbonyl (C=O) groups excluding carboxylic acids is 1. The SMILES string of the molecule is CCOC(=O)C(F)(F)/C(C)=C\c1ccccc1. The van der Waals surface area contributed by atoms with Crippen LogP contribution in [0.4, 0.5) is 8.78 Å². The van der Waals surface area contributed by atoms with Crippen LogP contribution in [0, 0.1) is 0 Å². The summed E-state index contributed by atoms with van der Waals surface area (Å²) >= 11 is 0. The summed E-state index contributed by atoms with van der Waals surface area (Å²) in [4.78, 5) is 11.1. The summed E-state index contributed by atoms with van der Waals surface area (Å²) in [5, 5.41) is 0. The molecule has 0 unspecified atom stereocenters. The van der Waals surface area contributed by atoms with Gasteiger partial charge in [0.1, 0.15) is 0 Å². The van der Waals surface area contributed by atoms with Crippen LogP contribution in [-0.4, -0.2) is 18.5 Å². The van der Waals surface area contributed by atoms with E-state index in [4.69, 9.17) is 0 Å². The van der Waals surface area contributed by atoms with Crippen LogP contribution in [0.5, 0.6) is 0 Å². The summed E-state index contributed by atoms with van der Waals surface area (Å²) in [7, 11) is 0. The Hall–Kier alpha value is -1.71. The van der Waals surface area contributed by atoms with Crippen molar-refractivity contribution in [3.63, 3.8) is 0 Å². The fourth-order valence-electron chi connectivity index (χ4n) is 1.27. The van der Waals surface area contributed by atoms with Gasteiger partial charge in [0.25, 0.3) is 0 Å². The smallest absolute Gasteiger partial charge is 0.381 e. The van der Waals surface area contributed by atoms with Gasteiger partial charge in [0, 0.05) is 5.57 Å². The monoisotopic (exact) mass is 240 g/mol. The normalized spacial score (nSPS) is 12.4. The summed E-state index contributed by atoms with van der Waals surface area (Å²) in [6, 6.07) is 8.63. The summed E-state index contributed by atoms with van der Waals surface area (Å²) in [5.41, 5.74) is 0.288. The van der Waals surface area contributed by atoms with Gasteiger partial charge in [0.15, 0.2) is 0 Å². The molecule has 0 fully saturated rings. The second-order valence-electron chi connectivity index (χ2n) is 3.53. The minimum atomic E-state index is -3.58. The molecule has 0 saturated carbocycles. The molecule has 1 aromatic carbocycles. The van der Waals surface area contributed by atoms with Crippen LogP contribution in [-0.2, 0) is 9.53 Å². The van der Waals surface area contributed by atoms with Gasteiger partial charge in [-0.3, -0.25) is 0 Å². The first-order chi connectivity index (χ1) is 7.98. The lowest BCUT2D eigenvalue weighted by atomic mass is 10.1. The lowest BCUT2D eigenvalue weighted by Crippen LogP contribution is -2.31. The van der Waals surface area contributed by atoms with Crippen molar-refractivity contribution in [3.05, 3.63) is 41.5 Å². The fourth-order valence-corrected chi connectivity index (χ4v) is 1.27. The molecule has 1 aromatic rings. The van der Waals surface area contributed by atoms with Crippen LogP contribution < -0.4 is 0 Å². The molecule has 4 heteroatoms. The van der Waals surface area contributed by atoms with E-state index in [1.54, 1.807) is 30.3 Å². The molecule has 0 radical (unpaired) electrons. The Kier molecular flexibility index (Phi) is 4.37. The molecule has 0 aliphatic rings.